The van der Waals surface area contributed by atoms with Crippen molar-refractivity contribution >= 4 is 0 Å². The summed E-state index contributed by atoms with van der Waals surface area (Å²) >= 11 is 0. The Labute approximate surface area is 117 Å². The van der Waals surface area contributed by atoms with Gasteiger partial charge in [0, 0.05) is 5.56 Å². The van der Waals surface area contributed by atoms with Crippen LogP contribution in [0.1, 0.15) is 31.6 Å². The van der Waals surface area contributed by atoms with Crippen molar-refractivity contribution in [3.05, 3.63) is 30.2 Å². The third-order valence-electron chi connectivity index (χ3n) is 3.83. The van der Waals surface area contributed by atoms with Crippen LogP contribution in [-0.2, 0) is 5.41 Å². The molecule has 1 saturated carbocycles. The normalized spacial score (nSPS) is 16.8. The zero-order valence-corrected chi connectivity index (χ0v) is 11.3. The smallest absolute Gasteiger partial charge is 0.247 e. The van der Waals surface area contributed by atoms with Gasteiger partial charge in [0.1, 0.15) is 11.2 Å². The molecule has 0 atom stereocenters. The molecule has 0 aliphatic heterocycles. The molecule has 0 spiro atoms. The van der Waals surface area contributed by atoms with Gasteiger partial charge in [-0.3, -0.25) is 0 Å². The molecule has 20 heavy (non-hydrogen) atoms. The second-order valence-corrected chi connectivity index (χ2v) is 5.06. The van der Waals surface area contributed by atoms with Gasteiger partial charge in [0.2, 0.25) is 11.7 Å². The number of hydrogen-bond acceptors (Lipinski definition) is 5. The predicted octanol–water partition coefficient (Wildman–Crippen LogP) is 3.08. The molecule has 1 aliphatic carbocycles. The molecule has 5 nitrogen and oxygen atoms in total. The number of ether oxygens (including phenoxy) is 1. The molecule has 5 heteroatoms. The molecule has 0 N–H and O–H groups in total. The van der Waals surface area contributed by atoms with Crippen LogP contribution >= 0.6 is 0 Å². The summed E-state index contributed by atoms with van der Waals surface area (Å²) in [5.41, 5.74) is 0.231. The monoisotopic (exact) mass is 269 g/mol. The number of nitriles is 1. The van der Waals surface area contributed by atoms with Gasteiger partial charge in [-0.15, -0.1) is 0 Å². The lowest BCUT2D eigenvalue weighted by Gasteiger charge is -2.13. The van der Waals surface area contributed by atoms with E-state index in [-0.39, 0.29) is 0 Å². The first-order valence-electron chi connectivity index (χ1n) is 6.67. The van der Waals surface area contributed by atoms with Gasteiger partial charge in [-0.1, -0.05) is 30.1 Å². The van der Waals surface area contributed by atoms with Crippen LogP contribution in [0.3, 0.4) is 0 Å². The van der Waals surface area contributed by atoms with Crippen LogP contribution in [0, 0.1) is 11.3 Å². The maximum absolute atomic E-state index is 9.43. The number of methoxy groups -OCH3 is 1. The van der Waals surface area contributed by atoms with Crippen LogP contribution in [0.2, 0.25) is 0 Å². The van der Waals surface area contributed by atoms with Crippen LogP contribution in [0.15, 0.2) is 28.8 Å². The zero-order chi connectivity index (χ0) is 14.0. The number of rotatable bonds is 3. The summed E-state index contributed by atoms with van der Waals surface area (Å²) in [5.74, 6) is 1.68. The molecule has 1 aliphatic rings. The van der Waals surface area contributed by atoms with Gasteiger partial charge in [-0.25, -0.2) is 0 Å². The first kappa shape index (κ1) is 12.7. The maximum Gasteiger partial charge on any atom is 0.247 e. The fourth-order valence-electron chi connectivity index (χ4n) is 2.65. The molecular formula is C15H15N3O2. The fraction of sp³-hybridized carbons (Fsp3) is 0.400. The molecule has 1 fully saturated rings. The van der Waals surface area contributed by atoms with Crippen LogP contribution in [0.5, 0.6) is 5.75 Å². The molecule has 0 unspecified atom stereocenters. The lowest BCUT2D eigenvalue weighted by molar-refractivity contribution is 0.321. The van der Waals surface area contributed by atoms with Crippen molar-refractivity contribution in [3.8, 4) is 23.2 Å². The third kappa shape index (κ3) is 2.03. The summed E-state index contributed by atoms with van der Waals surface area (Å²) in [7, 11) is 1.62. The first-order chi connectivity index (χ1) is 9.77. The highest BCUT2D eigenvalue weighted by molar-refractivity contribution is 5.57. The van der Waals surface area contributed by atoms with Crippen molar-refractivity contribution in [1.82, 2.24) is 10.1 Å². The van der Waals surface area contributed by atoms with E-state index in [0.29, 0.717) is 11.7 Å². The van der Waals surface area contributed by atoms with Crippen molar-refractivity contribution in [2.75, 3.05) is 7.11 Å². The van der Waals surface area contributed by atoms with E-state index >= 15 is 0 Å². The zero-order valence-electron chi connectivity index (χ0n) is 11.3. The average Bonchev–Trinajstić information content (AvgIpc) is 3.17. The van der Waals surface area contributed by atoms with E-state index in [1.807, 2.05) is 24.3 Å². The minimum atomic E-state index is -0.593. The lowest BCUT2D eigenvalue weighted by Crippen LogP contribution is -2.19. The molecule has 1 aromatic heterocycles. The highest BCUT2D eigenvalue weighted by Crippen LogP contribution is 2.40. The van der Waals surface area contributed by atoms with Crippen molar-refractivity contribution < 1.29 is 9.26 Å². The Balaban J connectivity index is 1.96. The summed E-state index contributed by atoms with van der Waals surface area (Å²) < 4.78 is 10.5. The number of hydrogen-bond donors (Lipinski definition) is 0. The lowest BCUT2D eigenvalue weighted by atomic mass is 9.88. The van der Waals surface area contributed by atoms with Gasteiger partial charge in [-0.2, -0.15) is 10.2 Å². The van der Waals surface area contributed by atoms with Crippen molar-refractivity contribution in [2.45, 2.75) is 31.1 Å². The summed E-state index contributed by atoms with van der Waals surface area (Å²) in [6.07, 6.45) is 3.65. The van der Waals surface area contributed by atoms with Gasteiger partial charge in [0.15, 0.2) is 0 Å². The Morgan fingerprint density at radius 3 is 2.85 bits per heavy atom. The highest BCUT2D eigenvalue weighted by atomic mass is 16.5. The van der Waals surface area contributed by atoms with Crippen molar-refractivity contribution in [1.29, 1.82) is 5.26 Å². The Hall–Kier alpha value is -2.35. The van der Waals surface area contributed by atoms with E-state index in [1.165, 1.54) is 0 Å². The number of aromatic nitrogens is 2. The maximum atomic E-state index is 9.43. The largest absolute Gasteiger partial charge is 0.497 e. The highest BCUT2D eigenvalue weighted by Gasteiger charge is 2.41. The van der Waals surface area contributed by atoms with Gasteiger partial charge < -0.3 is 9.26 Å². The molecule has 102 valence electrons. The van der Waals surface area contributed by atoms with E-state index in [4.69, 9.17) is 9.26 Å². The topological polar surface area (TPSA) is 71.9 Å². The SMILES string of the molecule is COc1cccc(-c2noc(C3(C#N)CCCC3)n2)c1. The molecule has 0 radical (unpaired) electrons. The quantitative estimate of drug-likeness (QED) is 0.856. The minimum Gasteiger partial charge on any atom is -0.497 e. The van der Waals surface area contributed by atoms with Crippen LogP contribution in [-0.4, -0.2) is 17.3 Å². The van der Waals surface area contributed by atoms with Crippen molar-refractivity contribution in [3.63, 3.8) is 0 Å². The number of benzene rings is 1. The van der Waals surface area contributed by atoms with Gasteiger partial charge in [-0.05, 0) is 25.0 Å². The van der Waals surface area contributed by atoms with Gasteiger partial charge >= 0.3 is 0 Å². The van der Waals surface area contributed by atoms with E-state index in [9.17, 15) is 5.26 Å². The summed E-state index contributed by atoms with van der Waals surface area (Å²) in [5, 5.41) is 13.4. The molecule has 0 bridgehead atoms. The summed E-state index contributed by atoms with van der Waals surface area (Å²) in [6, 6.07) is 9.84. The second kappa shape index (κ2) is 4.97. The first-order valence-corrected chi connectivity index (χ1v) is 6.67. The standard InChI is InChI=1S/C15H15N3O2/c1-19-12-6-4-5-11(9-12)13-17-14(20-18-13)15(10-16)7-2-3-8-15/h4-6,9H,2-3,7-8H2,1H3. The van der Waals surface area contributed by atoms with Crippen LogP contribution in [0.4, 0.5) is 0 Å². The van der Waals surface area contributed by atoms with E-state index in [0.717, 1.165) is 37.0 Å². The Kier molecular flexibility index (Phi) is 3.15. The van der Waals surface area contributed by atoms with E-state index in [1.54, 1.807) is 7.11 Å². The molecule has 2 aromatic rings. The van der Waals surface area contributed by atoms with E-state index < -0.39 is 5.41 Å². The Bertz CT molecular complexity index is 651. The average molecular weight is 269 g/mol. The third-order valence-corrected chi connectivity index (χ3v) is 3.83. The number of nitrogens with zero attached hydrogens (tertiary/aromatic N) is 3. The van der Waals surface area contributed by atoms with Crippen LogP contribution < -0.4 is 4.74 Å². The van der Waals surface area contributed by atoms with E-state index in [2.05, 4.69) is 16.2 Å². The predicted molar refractivity (Wildman–Crippen MR) is 72.0 cm³/mol. The Morgan fingerprint density at radius 1 is 1.35 bits per heavy atom. The molecule has 1 heterocycles. The Morgan fingerprint density at radius 2 is 2.15 bits per heavy atom. The minimum absolute atomic E-state index is 0.440. The molecule has 3 rings (SSSR count). The molecule has 0 amide bonds. The van der Waals surface area contributed by atoms with Gasteiger partial charge in [0.05, 0.1) is 13.2 Å². The summed E-state index contributed by atoms with van der Waals surface area (Å²) in [6.45, 7) is 0. The molecule has 0 saturated heterocycles. The van der Waals surface area contributed by atoms with Gasteiger partial charge in [0.25, 0.3) is 0 Å². The molecular weight excluding hydrogens is 254 g/mol. The van der Waals surface area contributed by atoms with Crippen molar-refractivity contribution in [2.24, 2.45) is 0 Å². The fourth-order valence-corrected chi connectivity index (χ4v) is 2.65. The summed E-state index contributed by atoms with van der Waals surface area (Å²) in [4.78, 5) is 4.43. The van der Waals surface area contributed by atoms with Crippen LogP contribution in [0.25, 0.3) is 11.4 Å². The second-order valence-electron chi connectivity index (χ2n) is 5.06. The molecule has 1 aromatic carbocycles.